The van der Waals surface area contributed by atoms with Crippen molar-refractivity contribution in [3.8, 4) is 0 Å². The molecule has 5 heteroatoms. The quantitative estimate of drug-likeness (QED) is 0.844. The highest BCUT2D eigenvalue weighted by atomic mass is 19.1. The molecule has 0 radical (unpaired) electrons. The van der Waals surface area contributed by atoms with Crippen LogP contribution in [0.1, 0.15) is 50.1 Å². The molecular weight excluding hydrogens is 295 g/mol. The Labute approximate surface area is 135 Å². The number of carboxylic acid groups (broad SMARTS) is 1. The summed E-state index contributed by atoms with van der Waals surface area (Å²) in [6.45, 7) is 0.821. The highest BCUT2D eigenvalue weighted by Crippen LogP contribution is 2.51. The van der Waals surface area contributed by atoms with Gasteiger partial charge < -0.3 is 10.4 Å². The van der Waals surface area contributed by atoms with Crippen molar-refractivity contribution in [2.24, 2.45) is 5.92 Å². The van der Waals surface area contributed by atoms with Crippen LogP contribution in [0, 0.1) is 11.7 Å². The van der Waals surface area contributed by atoms with Gasteiger partial charge in [0.15, 0.2) is 0 Å². The Morgan fingerprint density at radius 2 is 2.13 bits per heavy atom. The standard InChI is InChI=1S/C18H23FN2O2/c19-11-3-6-14-16(10-11)20-15-8-7-13(15)18(14)21(12-4-5-12)9-1-2-17(22)23/h3,6,10,12-13,15,18,20H,1-2,4-5,7-9H2,(H,22,23). The molecule has 2 fully saturated rings. The third-order valence-corrected chi connectivity index (χ3v) is 5.59. The fourth-order valence-electron chi connectivity index (χ4n) is 4.22. The van der Waals surface area contributed by atoms with Gasteiger partial charge in [0.25, 0.3) is 0 Å². The van der Waals surface area contributed by atoms with E-state index >= 15 is 0 Å². The topological polar surface area (TPSA) is 52.6 Å². The van der Waals surface area contributed by atoms with E-state index in [0.717, 1.165) is 18.7 Å². The zero-order chi connectivity index (χ0) is 16.0. The van der Waals surface area contributed by atoms with Crippen molar-refractivity contribution in [1.82, 2.24) is 4.90 Å². The third-order valence-electron chi connectivity index (χ3n) is 5.59. The smallest absolute Gasteiger partial charge is 0.303 e. The van der Waals surface area contributed by atoms with Crippen LogP contribution in [0.5, 0.6) is 0 Å². The van der Waals surface area contributed by atoms with Gasteiger partial charge in [0, 0.05) is 30.2 Å². The predicted molar refractivity (Wildman–Crippen MR) is 85.9 cm³/mol. The Bertz CT molecular complexity index is 617. The highest BCUT2D eigenvalue weighted by Gasteiger charge is 2.47. The van der Waals surface area contributed by atoms with E-state index in [4.69, 9.17) is 5.11 Å². The molecule has 1 heterocycles. The number of anilines is 1. The van der Waals surface area contributed by atoms with Crippen molar-refractivity contribution >= 4 is 11.7 Å². The lowest BCUT2D eigenvalue weighted by atomic mass is 9.69. The van der Waals surface area contributed by atoms with Crippen molar-refractivity contribution in [3.63, 3.8) is 0 Å². The van der Waals surface area contributed by atoms with E-state index in [-0.39, 0.29) is 12.2 Å². The van der Waals surface area contributed by atoms with Gasteiger partial charge in [-0.3, -0.25) is 9.69 Å². The van der Waals surface area contributed by atoms with Crippen molar-refractivity contribution in [1.29, 1.82) is 0 Å². The molecule has 4 nitrogen and oxygen atoms in total. The summed E-state index contributed by atoms with van der Waals surface area (Å²) in [5, 5.41) is 12.4. The average Bonchev–Trinajstić information content (AvgIpc) is 3.30. The van der Waals surface area contributed by atoms with Crippen LogP contribution in [0.2, 0.25) is 0 Å². The van der Waals surface area contributed by atoms with Crippen LogP contribution in [0.4, 0.5) is 10.1 Å². The van der Waals surface area contributed by atoms with E-state index in [1.165, 1.54) is 24.8 Å². The summed E-state index contributed by atoms with van der Waals surface area (Å²) >= 11 is 0. The number of nitrogens with one attached hydrogen (secondary N) is 1. The highest BCUT2D eigenvalue weighted by molar-refractivity contribution is 5.66. The number of fused-ring (bicyclic) bond motifs is 2. The second-order valence-corrected chi connectivity index (χ2v) is 7.13. The fourth-order valence-corrected chi connectivity index (χ4v) is 4.22. The number of hydrogen-bond donors (Lipinski definition) is 2. The number of benzene rings is 1. The zero-order valence-electron chi connectivity index (χ0n) is 13.2. The molecule has 1 aromatic carbocycles. The number of nitrogens with zero attached hydrogens (tertiary/aromatic N) is 1. The molecule has 0 aromatic heterocycles. The molecule has 0 bridgehead atoms. The fraction of sp³-hybridized carbons (Fsp3) is 0.611. The van der Waals surface area contributed by atoms with Crippen LogP contribution >= 0.6 is 0 Å². The van der Waals surface area contributed by atoms with Crippen LogP contribution in [-0.4, -0.2) is 34.6 Å². The first-order chi connectivity index (χ1) is 11.1. The van der Waals surface area contributed by atoms with Gasteiger partial charge in [0.1, 0.15) is 5.82 Å². The molecule has 23 heavy (non-hydrogen) atoms. The molecule has 2 saturated carbocycles. The lowest BCUT2D eigenvalue weighted by Gasteiger charge is -2.51. The third kappa shape index (κ3) is 2.82. The largest absolute Gasteiger partial charge is 0.481 e. The molecule has 3 atom stereocenters. The molecule has 0 spiro atoms. The number of hydrogen-bond acceptors (Lipinski definition) is 3. The predicted octanol–water partition coefficient (Wildman–Crippen LogP) is 3.40. The molecule has 124 valence electrons. The van der Waals surface area contributed by atoms with Gasteiger partial charge in [-0.25, -0.2) is 4.39 Å². The Balaban J connectivity index is 1.61. The van der Waals surface area contributed by atoms with Crippen LogP contribution in [0.15, 0.2) is 18.2 Å². The second kappa shape index (κ2) is 5.78. The van der Waals surface area contributed by atoms with Gasteiger partial charge in [-0.15, -0.1) is 0 Å². The minimum Gasteiger partial charge on any atom is -0.481 e. The normalized spacial score (nSPS) is 28.5. The molecule has 3 aliphatic rings. The van der Waals surface area contributed by atoms with E-state index < -0.39 is 5.97 Å². The molecule has 1 aromatic rings. The maximum absolute atomic E-state index is 13.6. The Hall–Kier alpha value is -1.62. The lowest BCUT2D eigenvalue weighted by molar-refractivity contribution is -0.137. The van der Waals surface area contributed by atoms with Crippen LogP contribution < -0.4 is 5.32 Å². The first kappa shape index (κ1) is 14.9. The number of aliphatic carboxylic acids is 1. The van der Waals surface area contributed by atoms with E-state index in [0.29, 0.717) is 30.5 Å². The zero-order valence-corrected chi connectivity index (χ0v) is 13.2. The SMILES string of the molecule is O=C(O)CCCN(C1CC1)C1c2ccc(F)cc2NC2CCC21. The molecule has 3 unspecified atom stereocenters. The Morgan fingerprint density at radius 1 is 1.30 bits per heavy atom. The molecule has 1 aliphatic heterocycles. The summed E-state index contributed by atoms with van der Waals surface area (Å²) in [4.78, 5) is 13.3. The van der Waals surface area contributed by atoms with Gasteiger partial charge in [-0.05, 0) is 62.3 Å². The van der Waals surface area contributed by atoms with Crippen molar-refractivity contribution in [3.05, 3.63) is 29.6 Å². The minimum absolute atomic E-state index is 0.198. The molecule has 0 amide bonds. The molecular formula is C18H23FN2O2. The molecule has 2 N–H and O–H groups in total. The van der Waals surface area contributed by atoms with Gasteiger partial charge in [0.2, 0.25) is 0 Å². The van der Waals surface area contributed by atoms with E-state index in [9.17, 15) is 9.18 Å². The number of carboxylic acids is 1. The summed E-state index contributed by atoms with van der Waals surface area (Å²) in [6.07, 6.45) is 5.64. The summed E-state index contributed by atoms with van der Waals surface area (Å²) in [5.41, 5.74) is 2.12. The van der Waals surface area contributed by atoms with Crippen LogP contribution in [0.25, 0.3) is 0 Å². The summed E-state index contributed by atoms with van der Waals surface area (Å²) in [7, 11) is 0. The van der Waals surface area contributed by atoms with E-state index in [2.05, 4.69) is 10.2 Å². The first-order valence-corrected chi connectivity index (χ1v) is 8.67. The number of rotatable bonds is 6. The minimum atomic E-state index is -0.727. The summed E-state index contributed by atoms with van der Waals surface area (Å²) in [5.74, 6) is -0.356. The second-order valence-electron chi connectivity index (χ2n) is 7.13. The maximum Gasteiger partial charge on any atom is 0.303 e. The van der Waals surface area contributed by atoms with E-state index in [1.807, 2.05) is 6.07 Å². The summed E-state index contributed by atoms with van der Waals surface area (Å²) < 4.78 is 13.6. The lowest BCUT2D eigenvalue weighted by Crippen LogP contribution is -2.51. The summed E-state index contributed by atoms with van der Waals surface area (Å²) in [6, 6.07) is 6.41. The van der Waals surface area contributed by atoms with Gasteiger partial charge in [0.05, 0.1) is 0 Å². The van der Waals surface area contributed by atoms with Crippen molar-refractivity contribution < 1.29 is 14.3 Å². The van der Waals surface area contributed by atoms with E-state index in [1.54, 1.807) is 12.1 Å². The van der Waals surface area contributed by atoms with Crippen LogP contribution in [-0.2, 0) is 4.79 Å². The average molecular weight is 318 g/mol. The van der Waals surface area contributed by atoms with Crippen LogP contribution in [0.3, 0.4) is 0 Å². The van der Waals surface area contributed by atoms with Crippen molar-refractivity contribution in [2.75, 3.05) is 11.9 Å². The first-order valence-electron chi connectivity index (χ1n) is 8.67. The Morgan fingerprint density at radius 3 is 2.78 bits per heavy atom. The molecule has 4 rings (SSSR count). The number of carbonyl (C=O) groups is 1. The van der Waals surface area contributed by atoms with Gasteiger partial charge in [-0.2, -0.15) is 0 Å². The van der Waals surface area contributed by atoms with Gasteiger partial charge in [-0.1, -0.05) is 6.07 Å². The van der Waals surface area contributed by atoms with Gasteiger partial charge >= 0.3 is 5.97 Å². The van der Waals surface area contributed by atoms with Crippen molar-refractivity contribution in [2.45, 2.75) is 56.7 Å². The molecule has 0 saturated heterocycles. The monoisotopic (exact) mass is 318 g/mol. The maximum atomic E-state index is 13.6. The molecule has 2 aliphatic carbocycles. The number of halogens is 1. The Kier molecular flexibility index (Phi) is 3.76.